The van der Waals surface area contributed by atoms with Crippen LogP contribution in [-0.4, -0.2) is 34.0 Å². The number of rotatable bonds is 5. The second-order valence-corrected chi connectivity index (χ2v) is 7.48. The number of aromatic nitrogens is 2. The van der Waals surface area contributed by atoms with Crippen LogP contribution in [0, 0.1) is 12.7 Å². The zero-order valence-corrected chi connectivity index (χ0v) is 17.1. The Hall–Kier alpha value is -3.41. The first-order valence-electron chi connectivity index (χ1n) is 9.97. The summed E-state index contributed by atoms with van der Waals surface area (Å²) in [7, 11) is 1.63. The number of carbonyl (C=O) groups excluding carboxylic acids is 1. The van der Waals surface area contributed by atoms with Gasteiger partial charge in [0, 0.05) is 24.9 Å². The first-order valence-corrected chi connectivity index (χ1v) is 9.97. The lowest BCUT2D eigenvalue weighted by molar-refractivity contribution is -0.129. The Morgan fingerprint density at radius 2 is 2.10 bits per heavy atom. The lowest BCUT2D eigenvalue weighted by Crippen LogP contribution is -2.36. The van der Waals surface area contributed by atoms with Crippen LogP contribution >= 0.6 is 0 Å². The van der Waals surface area contributed by atoms with E-state index in [-0.39, 0.29) is 11.7 Å². The molecule has 5 nitrogen and oxygen atoms in total. The van der Waals surface area contributed by atoms with Crippen molar-refractivity contribution >= 4 is 12.0 Å². The fourth-order valence-electron chi connectivity index (χ4n) is 3.76. The summed E-state index contributed by atoms with van der Waals surface area (Å²) in [6, 6.07) is 12.3. The molecule has 0 radical (unpaired) electrons. The summed E-state index contributed by atoms with van der Waals surface area (Å²) in [5, 5.41) is 0. The standard InChI is InChI=1S/C24H24FN3O2/c1-17-14-28(16-26-17)22-9-8-18(13-23(22)30-2)11-20-6-4-10-27(24(20)29)15-19-5-3-7-21(25)12-19/h3,5,7-9,11-14,16H,4,6,10,15H2,1-2H3. The second kappa shape index (κ2) is 8.53. The van der Waals surface area contributed by atoms with Gasteiger partial charge in [0.25, 0.3) is 0 Å². The lowest BCUT2D eigenvalue weighted by atomic mass is 10.00. The third-order valence-corrected chi connectivity index (χ3v) is 5.23. The van der Waals surface area contributed by atoms with Gasteiger partial charge in [-0.3, -0.25) is 4.79 Å². The van der Waals surface area contributed by atoms with Gasteiger partial charge in [-0.15, -0.1) is 0 Å². The maximum Gasteiger partial charge on any atom is 0.250 e. The minimum Gasteiger partial charge on any atom is -0.495 e. The van der Waals surface area contributed by atoms with E-state index in [1.807, 2.05) is 48.0 Å². The number of likely N-dealkylation sites (tertiary alicyclic amines) is 1. The summed E-state index contributed by atoms with van der Waals surface area (Å²) in [6.07, 6.45) is 7.22. The highest BCUT2D eigenvalue weighted by molar-refractivity contribution is 5.98. The minimum atomic E-state index is -0.284. The van der Waals surface area contributed by atoms with Gasteiger partial charge < -0.3 is 14.2 Å². The van der Waals surface area contributed by atoms with E-state index in [1.54, 1.807) is 24.4 Å². The van der Waals surface area contributed by atoms with Gasteiger partial charge in [-0.1, -0.05) is 18.2 Å². The van der Waals surface area contributed by atoms with Crippen molar-refractivity contribution in [1.82, 2.24) is 14.5 Å². The molecule has 2 heterocycles. The first-order chi connectivity index (χ1) is 14.5. The van der Waals surface area contributed by atoms with Crippen molar-refractivity contribution in [2.75, 3.05) is 13.7 Å². The molecule has 1 aromatic heterocycles. The highest BCUT2D eigenvalue weighted by atomic mass is 19.1. The molecule has 0 aliphatic carbocycles. The van der Waals surface area contributed by atoms with Gasteiger partial charge in [-0.2, -0.15) is 0 Å². The molecule has 3 aromatic rings. The maximum absolute atomic E-state index is 13.5. The summed E-state index contributed by atoms with van der Waals surface area (Å²) in [5.74, 6) is 0.424. The summed E-state index contributed by atoms with van der Waals surface area (Å²) in [4.78, 5) is 19.0. The molecule has 1 saturated heterocycles. The number of ether oxygens (including phenoxy) is 1. The van der Waals surface area contributed by atoms with Crippen molar-refractivity contribution in [2.45, 2.75) is 26.3 Å². The van der Waals surface area contributed by atoms with Crippen LogP contribution < -0.4 is 4.74 Å². The SMILES string of the molecule is COc1cc(C=C2CCCN(Cc3cccc(F)c3)C2=O)ccc1-n1cnc(C)c1. The Balaban J connectivity index is 1.56. The van der Waals surface area contributed by atoms with Gasteiger partial charge in [0.1, 0.15) is 11.6 Å². The molecule has 1 fully saturated rings. The molecule has 0 spiro atoms. The van der Waals surface area contributed by atoms with Gasteiger partial charge in [0.15, 0.2) is 0 Å². The number of nitrogens with zero attached hydrogens (tertiary/aromatic N) is 3. The van der Waals surface area contributed by atoms with Crippen molar-refractivity contribution in [2.24, 2.45) is 0 Å². The highest BCUT2D eigenvalue weighted by Crippen LogP contribution is 2.28. The molecule has 0 N–H and O–H groups in total. The summed E-state index contributed by atoms with van der Waals surface area (Å²) < 4.78 is 21.0. The van der Waals surface area contributed by atoms with E-state index in [1.165, 1.54) is 12.1 Å². The van der Waals surface area contributed by atoms with E-state index < -0.39 is 0 Å². The summed E-state index contributed by atoms with van der Waals surface area (Å²) in [6.45, 7) is 3.02. The van der Waals surface area contributed by atoms with E-state index in [9.17, 15) is 9.18 Å². The van der Waals surface area contributed by atoms with Crippen molar-refractivity contribution in [3.8, 4) is 11.4 Å². The Morgan fingerprint density at radius 3 is 2.83 bits per heavy atom. The summed E-state index contributed by atoms with van der Waals surface area (Å²) in [5.41, 5.74) is 4.28. The normalized spacial score (nSPS) is 15.6. The molecule has 4 rings (SSSR count). The number of hydrogen-bond donors (Lipinski definition) is 0. The van der Waals surface area contributed by atoms with Crippen LogP contribution in [0.5, 0.6) is 5.75 Å². The van der Waals surface area contributed by atoms with Crippen LogP contribution in [0.4, 0.5) is 4.39 Å². The molecule has 0 unspecified atom stereocenters. The molecular formula is C24H24FN3O2. The molecule has 0 atom stereocenters. The number of benzene rings is 2. The predicted octanol–water partition coefficient (Wildman–Crippen LogP) is 4.53. The Kier molecular flexibility index (Phi) is 5.65. The Bertz CT molecular complexity index is 1100. The quantitative estimate of drug-likeness (QED) is 0.586. The average molecular weight is 405 g/mol. The fraction of sp³-hybridized carbons (Fsp3) is 0.250. The number of hydrogen-bond acceptors (Lipinski definition) is 3. The number of carbonyl (C=O) groups is 1. The molecular weight excluding hydrogens is 381 g/mol. The number of methoxy groups -OCH3 is 1. The van der Waals surface area contributed by atoms with Crippen LogP contribution in [0.2, 0.25) is 0 Å². The van der Waals surface area contributed by atoms with Crippen LogP contribution in [0.25, 0.3) is 11.8 Å². The Labute approximate surface area is 175 Å². The zero-order chi connectivity index (χ0) is 21.1. The minimum absolute atomic E-state index is 0.00112. The third-order valence-electron chi connectivity index (χ3n) is 5.23. The van der Waals surface area contributed by atoms with Gasteiger partial charge in [0.2, 0.25) is 5.91 Å². The third kappa shape index (κ3) is 4.27. The number of amides is 1. The molecule has 0 saturated carbocycles. The second-order valence-electron chi connectivity index (χ2n) is 7.48. The molecule has 0 bridgehead atoms. The van der Waals surface area contributed by atoms with Crippen molar-refractivity contribution in [1.29, 1.82) is 0 Å². The topological polar surface area (TPSA) is 47.4 Å². The molecule has 2 aromatic carbocycles. The fourth-order valence-corrected chi connectivity index (χ4v) is 3.76. The lowest BCUT2D eigenvalue weighted by Gasteiger charge is -2.28. The number of piperidine rings is 1. The van der Waals surface area contributed by atoms with E-state index in [0.29, 0.717) is 18.8 Å². The summed E-state index contributed by atoms with van der Waals surface area (Å²) >= 11 is 0. The molecule has 1 aliphatic heterocycles. The number of halogens is 1. The number of aryl methyl sites for hydroxylation is 1. The van der Waals surface area contributed by atoms with Crippen LogP contribution in [0.3, 0.4) is 0 Å². The smallest absolute Gasteiger partial charge is 0.250 e. The molecule has 154 valence electrons. The largest absolute Gasteiger partial charge is 0.495 e. The number of imidazole rings is 1. The van der Waals surface area contributed by atoms with Crippen LogP contribution in [-0.2, 0) is 11.3 Å². The van der Waals surface area contributed by atoms with Crippen LogP contribution in [0.15, 0.2) is 60.6 Å². The predicted molar refractivity (Wildman–Crippen MR) is 114 cm³/mol. The molecule has 6 heteroatoms. The molecule has 30 heavy (non-hydrogen) atoms. The van der Waals surface area contributed by atoms with Gasteiger partial charge >= 0.3 is 0 Å². The van der Waals surface area contributed by atoms with E-state index in [0.717, 1.165) is 40.9 Å². The maximum atomic E-state index is 13.5. The molecule has 1 aliphatic rings. The van der Waals surface area contributed by atoms with E-state index in [4.69, 9.17) is 4.74 Å². The van der Waals surface area contributed by atoms with Gasteiger partial charge in [0.05, 0.1) is 24.8 Å². The average Bonchev–Trinajstić information content (AvgIpc) is 3.17. The first kappa shape index (κ1) is 19.9. The monoisotopic (exact) mass is 405 g/mol. The van der Waals surface area contributed by atoms with Gasteiger partial charge in [-0.05, 0) is 61.2 Å². The van der Waals surface area contributed by atoms with Crippen molar-refractivity contribution < 1.29 is 13.9 Å². The van der Waals surface area contributed by atoms with E-state index >= 15 is 0 Å². The van der Waals surface area contributed by atoms with Crippen molar-refractivity contribution in [3.05, 3.63) is 83.2 Å². The van der Waals surface area contributed by atoms with Crippen LogP contribution in [0.1, 0.15) is 29.7 Å². The zero-order valence-electron chi connectivity index (χ0n) is 17.1. The van der Waals surface area contributed by atoms with Crippen molar-refractivity contribution in [3.63, 3.8) is 0 Å². The molecule has 1 amide bonds. The Morgan fingerprint density at radius 1 is 1.23 bits per heavy atom. The van der Waals surface area contributed by atoms with Gasteiger partial charge in [-0.25, -0.2) is 9.37 Å². The highest BCUT2D eigenvalue weighted by Gasteiger charge is 2.23. The van der Waals surface area contributed by atoms with E-state index in [2.05, 4.69) is 4.98 Å².